The van der Waals surface area contributed by atoms with Crippen LogP contribution in [0.15, 0.2) is 54.8 Å². The van der Waals surface area contributed by atoms with Crippen molar-refractivity contribution in [1.82, 2.24) is 18.8 Å². The Hall–Kier alpha value is -2.40. The molecule has 5 rings (SSSR count). The summed E-state index contributed by atoms with van der Waals surface area (Å²) in [5.41, 5.74) is -0.525. The van der Waals surface area contributed by atoms with Crippen molar-refractivity contribution in [3.63, 3.8) is 0 Å². The largest absolute Gasteiger partial charge is 0.444 e. The van der Waals surface area contributed by atoms with Crippen molar-refractivity contribution in [3.05, 3.63) is 59.8 Å². The van der Waals surface area contributed by atoms with E-state index < -0.39 is 41.8 Å². The van der Waals surface area contributed by atoms with E-state index in [-0.39, 0.29) is 25.5 Å². The maximum Gasteiger partial charge on any atom is 0.410 e. The molecule has 3 aromatic rings. The van der Waals surface area contributed by atoms with Crippen molar-refractivity contribution in [1.29, 1.82) is 0 Å². The van der Waals surface area contributed by atoms with Gasteiger partial charge in [0.1, 0.15) is 28.0 Å². The number of hydrogen-bond acceptors (Lipinski definition) is 9. The molecule has 10 nitrogen and oxygen atoms in total. The molecule has 1 amide bonds. The Morgan fingerprint density at radius 1 is 1.27 bits per heavy atom. The zero-order valence-electron chi connectivity index (χ0n) is 23.1. The monoisotopic (exact) mass is 716 g/mol. The van der Waals surface area contributed by atoms with E-state index in [1.807, 2.05) is 43.4 Å². The molecule has 0 radical (unpaired) electrons. The van der Waals surface area contributed by atoms with Crippen LogP contribution < -0.4 is 0 Å². The van der Waals surface area contributed by atoms with Crippen molar-refractivity contribution < 1.29 is 31.8 Å². The second-order valence-electron chi connectivity index (χ2n) is 11.1. The van der Waals surface area contributed by atoms with Crippen molar-refractivity contribution in [2.45, 2.75) is 47.6 Å². The number of allylic oxidation sites excluding steroid dienone is 3. The molecule has 0 spiro atoms. The number of likely N-dealkylation sites (tertiary alicyclic amines) is 1. The van der Waals surface area contributed by atoms with Crippen LogP contribution in [0.4, 0.5) is 9.18 Å². The summed E-state index contributed by atoms with van der Waals surface area (Å²) in [5.74, 6) is -0.600. The molecule has 2 unspecified atom stereocenters. The topological polar surface area (TPSA) is 113 Å². The average Bonchev–Trinajstić information content (AvgIpc) is 3.53. The van der Waals surface area contributed by atoms with Gasteiger partial charge in [0.15, 0.2) is 11.2 Å². The lowest BCUT2D eigenvalue weighted by atomic mass is 9.95. The van der Waals surface area contributed by atoms with Gasteiger partial charge in [-0.05, 0) is 52.0 Å². The summed E-state index contributed by atoms with van der Waals surface area (Å²) in [5, 5.41) is 1.25. The van der Waals surface area contributed by atoms with Gasteiger partial charge in [0.05, 0.1) is 21.9 Å². The number of nitrogens with zero attached hydrogens (tertiary/aromatic N) is 4. The molecule has 0 saturated carbocycles. The lowest BCUT2D eigenvalue weighted by Gasteiger charge is -2.47. The van der Waals surface area contributed by atoms with Crippen molar-refractivity contribution in [3.8, 4) is 10.4 Å². The van der Waals surface area contributed by atoms with E-state index in [4.69, 9.17) is 14.2 Å². The second-order valence-corrected chi connectivity index (χ2v) is 15.7. The molecule has 4 heterocycles. The van der Waals surface area contributed by atoms with E-state index in [9.17, 15) is 17.6 Å². The average molecular weight is 717 g/mol. The van der Waals surface area contributed by atoms with Gasteiger partial charge in [0.2, 0.25) is 0 Å². The van der Waals surface area contributed by atoms with Crippen LogP contribution in [0, 0.1) is 0 Å². The zero-order valence-corrected chi connectivity index (χ0v) is 26.9. The summed E-state index contributed by atoms with van der Waals surface area (Å²) in [6.45, 7) is 7.43. The molecular formula is C27H30FIN4O6S2. The number of aromatic nitrogens is 3. The summed E-state index contributed by atoms with van der Waals surface area (Å²) in [4.78, 5) is 23.9. The van der Waals surface area contributed by atoms with Crippen LogP contribution in [0.3, 0.4) is 0 Å². The summed E-state index contributed by atoms with van der Waals surface area (Å²) in [6.07, 6.45) is 8.21. The molecule has 1 fully saturated rings. The number of ether oxygens (including phenoxy) is 3. The molecule has 0 bridgehead atoms. The minimum atomic E-state index is -4.09. The van der Waals surface area contributed by atoms with Crippen LogP contribution in [-0.2, 0) is 29.8 Å². The third-order valence-electron chi connectivity index (χ3n) is 6.92. The summed E-state index contributed by atoms with van der Waals surface area (Å²) in [6, 6.07) is 3.47. The van der Waals surface area contributed by atoms with Gasteiger partial charge in [-0.25, -0.2) is 31.5 Å². The Morgan fingerprint density at radius 2 is 2.00 bits per heavy atom. The van der Waals surface area contributed by atoms with Gasteiger partial charge in [-0.15, -0.1) is 11.3 Å². The Kier molecular flexibility index (Phi) is 7.85. The Labute approximate surface area is 255 Å². The van der Waals surface area contributed by atoms with Crippen LogP contribution in [0.5, 0.6) is 0 Å². The number of amides is 1. The van der Waals surface area contributed by atoms with Crippen LogP contribution in [0.1, 0.15) is 32.7 Å². The number of carbonyl (C=O) groups excluding carboxylic acids is 1. The first-order chi connectivity index (χ1) is 19.2. The van der Waals surface area contributed by atoms with Crippen LogP contribution in [0.25, 0.3) is 21.5 Å². The summed E-state index contributed by atoms with van der Waals surface area (Å²) in [7, 11) is -2.57. The molecule has 2 aliphatic rings. The SMILES string of the molecule is COCOC1(c2ncc(-c3ccnc4c3ccn4S(=O)(=O)C3(C)C=C(F)C=CC3I)s2)CN(C(=O)OC(C)(C)C)C1. The van der Waals surface area contributed by atoms with Gasteiger partial charge in [0.25, 0.3) is 10.0 Å². The maximum absolute atomic E-state index is 14.2. The van der Waals surface area contributed by atoms with Crippen molar-refractivity contribution in [2.75, 3.05) is 27.0 Å². The van der Waals surface area contributed by atoms with Gasteiger partial charge in [-0.2, -0.15) is 0 Å². The number of thiazole rings is 1. The highest BCUT2D eigenvalue weighted by molar-refractivity contribution is 14.1. The van der Waals surface area contributed by atoms with Crippen LogP contribution in [-0.4, -0.2) is 74.6 Å². The Morgan fingerprint density at radius 3 is 2.68 bits per heavy atom. The van der Waals surface area contributed by atoms with Crippen molar-refractivity contribution >= 4 is 61.1 Å². The fourth-order valence-corrected chi connectivity index (χ4v) is 8.79. The van der Waals surface area contributed by atoms with Gasteiger partial charge >= 0.3 is 6.09 Å². The molecule has 0 aromatic carbocycles. The van der Waals surface area contributed by atoms with E-state index >= 15 is 0 Å². The lowest BCUT2D eigenvalue weighted by molar-refractivity contribution is -0.193. The summed E-state index contributed by atoms with van der Waals surface area (Å²) < 4.78 is 57.7. The first-order valence-corrected chi connectivity index (χ1v) is 16.2. The lowest BCUT2D eigenvalue weighted by Crippen LogP contribution is -2.63. The predicted molar refractivity (Wildman–Crippen MR) is 162 cm³/mol. The highest BCUT2D eigenvalue weighted by atomic mass is 127. The van der Waals surface area contributed by atoms with E-state index in [1.54, 1.807) is 29.3 Å². The Bertz CT molecular complexity index is 1660. The molecular weight excluding hydrogens is 686 g/mol. The number of pyridine rings is 1. The number of hydrogen-bond donors (Lipinski definition) is 0. The van der Waals surface area contributed by atoms with E-state index in [1.165, 1.54) is 43.8 Å². The molecule has 1 aliphatic carbocycles. The smallest absolute Gasteiger partial charge is 0.410 e. The van der Waals surface area contributed by atoms with Gasteiger partial charge in [-0.3, -0.25) is 0 Å². The summed E-state index contributed by atoms with van der Waals surface area (Å²) >= 11 is 3.38. The van der Waals surface area contributed by atoms with Gasteiger partial charge in [0, 0.05) is 36.7 Å². The van der Waals surface area contributed by atoms with Gasteiger partial charge in [-0.1, -0.05) is 28.7 Å². The van der Waals surface area contributed by atoms with E-state index in [0.717, 1.165) is 20.5 Å². The number of rotatable bonds is 7. The predicted octanol–water partition coefficient (Wildman–Crippen LogP) is 5.39. The highest BCUT2D eigenvalue weighted by Crippen LogP contribution is 2.43. The minimum Gasteiger partial charge on any atom is -0.444 e. The van der Waals surface area contributed by atoms with Crippen LogP contribution >= 0.6 is 33.9 Å². The quantitative estimate of drug-likeness (QED) is 0.182. The third kappa shape index (κ3) is 5.32. The molecule has 2 atom stereocenters. The first-order valence-electron chi connectivity index (χ1n) is 12.7. The third-order valence-corrected chi connectivity index (χ3v) is 12.6. The molecule has 14 heteroatoms. The second kappa shape index (κ2) is 10.7. The first kappa shape index (κ1) is 30.1. The van der Waals surface area contributed by atoms with E-state index in [0.29, 0.717) is 10.4 Å². The van der Waals surface area contributed by atoms with Crippen molar-refractivity contribution in [2.24, 2.45) is 0 Å². The molecule has 1 aliphatic heterocycles. The number of carbonyl (C=O) groups is 1. The normalized spacial score (nSPS) is 22.5. The van der Waals surface area contributed by atoms with Crippen LogP contribution in [0.2, 0.25) is 0 Å². The number of fused-ring (bicyclic) bond motifs is 1. The molecule has 3 aromatic heterocycles. The maximum atomic E-state index is 14.2. The fourth-order valence-electron chi connectivity index (χ4n) is 4.72. The molecule has 220 valence electrons. The minimum absolute atomic E-state index is 0.0120. The Balaban J connectivity index is 1.47. The number of alkyl halides is 1. The standard InChI is InChI=1S/C27H30FIN4O6S2/c1-25(2,3)39-24(34)32-14-27(15-32,38-16-37-5)23-31-13-20(40-23)18-8-10-30-22-19(18)9-11-33(22)41(35,36)26(4)12-17(28)6-7-21(26)29/h6-13,21H,14-16H2,1-5H3. The zero-order chi connectivity index (χ0) is 29.8. The highest BCUT2D eigenvalue weighted by Gasteiger charge is 2.51. The molecule has 1 saturated heterocycles. The van der Waals surface area contributed by atoms with Gasteiger partial charge < -0.3 is 19.1 Å². The number of methoxy groups -OCH3 is 1. The molecule has 41 heavy (non-hydrogen) atoms. The van der Waals surface area contributed by atoms with E-state index in [2.05, 4.69) is 9.97 Å². The molecule has 0 N–H and O–H groups in total. The number of halogens is 2. The fraction of sp³-hybridized carbons (Fsp3) is 0.444.